The predicted octanol–water partition coefficient (Wildman–Crippen LogP) is 6.25. The molecule has 5 rings (SSSR count). The fraction of sp³-hybridized carbons (Fsp3) is 0.348. The quantitative estimate of drug-likeness (QED) is 0.495. The average molecular weight is 424 g/mol. The molecule has 1 aromatic carbocycles. The van der Waals surface area contributed by atoms with Crippen LogP contribution >= 0.6 is 23.1 Å². The third-order valence-corrected chi connectivity index (χ3v) is 8.12. The molecule has 2 aliphatic rings. The van der Waals surface area contributed by atoms with Crippen molar-refractivity contribution in [3.8, 4) is 5.00 Å². The Hall–Kier alpha value is -2.18. The van der Waals surface area contributed by atoms with Crippen LogP contribution in [-0.2, 0) is 19.4 Å². The van der Waals surface area contributed by atoms with E-state index in [2.05, 4.69) is 41.2 Å². The Bertz CT molecular complexity index is 1070. The van der Waals surface area contributed by atoms with Crippen LogP contribution < -0.4 is 5.32 Å². The molecule has 0 saturated heterocycles. The number of rotatable bonds is 2. The first-order valence-corrected chi connectivity index (χ1v) is 12.2. The topological polar surface area (TPSA) is 37.3 Å². The normalized spacial score (nSPS) is 17.9. The molecule has 0 bridgehead atoms. The maximum absolute atomic E-state index is 13.4. The standard InChI is InChI=1S/C23H25N3OS2/c1-15-20-10-6-12-25(20)22-19(18-9-3-4-11-21(18)29-22)14-26(15)23(27)24-16-7-5-8-17(13-16)28-2/h5-8,10,12-13,15H,3-4,9,11,14H2,1-2H3,(H,24,27). The Morgan fingerprint density at radius 3 is 2.90 bits per heavy atom. The highest BCUT2D eigenvalue weighted by Gasteiger charge is 2.32. The van der Waals surface area contributed by atoms with Crippen molar-refractivity contribution in [1.82, 2.24) is 9.47 Å². The minimum atomic E-state index is -0.0351. The van der Waals surface area contributed by atoms with Gasteiger partial charge in [-0.2, -0.15) is 0 Å². The number of amides is 2. The Kier molecular flexibility index (Phi) is 4.92. The third kappa shape index (κ3) is 3.28. The number of aromatic nitrogens is 1. The number of carbonyl (C=O) groups excluding carboxylic acids is 1. The van der Waals surface area contributed by atoms with Crippen LogP contribution in [0.15, 0.2) is 47.5 Å². The Balaban J connectivity index is 1.52. The first kappa shape index (κ1) is 18.8. The number of fused-ring (bicyclic) bond motifs is 5. The summed E-state index contributed by atoms with van der Waals surface area (Å²) < 4.78 is 2.31. The van der Waals surface area contributed by atoms with Crippen LogP contribution in [0.1, 0.15) is 47.5 Å². The lowest BCUT2D eigenvalue weighted by atomic mass is 9.95. The van der Waals surface area contributed by atoms with Gasteiger partial charge in [-0.25, -0.2) is 4.79 Å². The van der Waals surface area contributed by atoms with Crippen LogP contribution in [0.3, 0.4) is 0 Å². The maximum atomic E-state index is 13.4. The Labute approximate surface area is 179 Å². The molecule has 150 valence electrons. The summed E-state index contributed by atoms with van der Waals surface area (Å²) in [6, 6.07) is 12.3. The van der Waals surface area contributed by atoms with Crippen molar-refractivity contribution in [1.29, 1.82) is 0 Å². The summed E-state index contributed by atoms with van der Waals surface area (Å²) in [6.07, 6.45) is 9.03. The van der Waals surface area contributed by atoms with E-state index in [0.29, 0.717) is 6.54 Å². The van der Waals surface area contributed by atoms with Gasteiger partial charge in [0.1, 0.15) is 5.00 Å². The highest BCUT2D eigenvalue weighted by molar-refractivity contribution is 7.98. The van der Waals surface area contributed by atoms with Crippen LogP contribution in [0, 0.1) is 0 Å². The number of benzene rings is 1. The van der Waals surface area contributed by atoms with E-state index in [1.807, 2.05) is 40.7 Å². The number of aryl methyl sites for hydroxylation is 1. The SMILES string of the molecule is CSc1cccc(NC(=O)N2Cc3c(sc4c3CCCC4)-n3cccc3C2C)c1. The molecule has 2 aromatic heterocycles. The van der Waals surface area contributed by atoms with Gasteiger partial charge in [0.25, 0.3) is 0 Å². The van der Waals surface area contributed by atoms with Gasteiger partial charge >= 0.3 is 6.03 Å². The van der Waals surface area contributed by atoms with E-state index in [1.165, 1.54) is 46.0 Å². The van der Waals surface area contributed by atoms with E-state index in [9.17, 15) is 4.79 Å². The molecule has 1 atom stereocenters. The molecule has 1 aliphatic carbocycles. The summed E-state index contributed by atoms with van der Waals surface area (Å²) >= 11 is 3.61. The molecule has 29 heavy (non-hydrogen) atoms. The number of carbonyl (C=O) groups is 1. The highest BCUT2D eigenvalue weighted by atomic mass is 32.2. The molecular weight excluding hydrogens is 398 g/mol. The van der Waals surface area contributed by atoms with E-state index in [0.717, 1.165) is 17.0 Å². The van der Waals surface area contributed by atoms with Gasteiger partial charge in [0.05, 0.1) is 12.6 Å². The maximum Gasteiger partial charge on any atom is 0.322 e. The van der Waals surface area contributed by atoms with Gasteiger partial charge in [0, 0.05) is 32.9 Å². The zero-order valence-electron chi connectivity index (χ0n) is 16.8. The molecule has 3 aromatic rings. The number of hydrogen-bond donors (Lipinski definition) is 1. The fourth-order valence-corrected chi connectivity index (χ4v) is 6.37. The smallest absolute Gasteiger partial charge is 0.312 e. The van der Waals surface area contributed by atoms with Crippen molar-refractivity contribution < 1.29 is 4.79 Å². The number of nitrogens with one attached hydrogen (secondary N) is 1. The van der Waals surface area contributed by atoms with Gasteiger partial charge in [0.2, 0.25) is 0 Å². The molecule has 2 amide bonds. The molecule has 0 fully saturated rings. The summed E-state index contributed by atoms with van der Waals surface area (Å²) in [7, 11) is 0. The molecule has 0 radical (unpaired) electrons. The largest absolute Gasteiger partial charge is 0.322 e. The lowest BCUT2D eigenvalue weighted by molar-refractivity contribution is 0.189. The molecule has 4 nitrogen and oxygen atoms in total. The molecular formula is C23H25N3OS2. The molecule has 0 spiro atoms. The van der Waals surface area contributed by atoms with Gasteiger partial charge in [-0.3, -0.25) is 0 Å². The average Bonchev–Trinajstić information content (AvgIpc) is 3.34. The van der Waals surface area contributed by atoms with Crippen molar-refractivity contribution >= 4 is 34.8 Å². The number of anilines is 1. The van der Waals surface area contributed by atoms with Gasteiger partial charge < -0.3 is 14.8 Å². The van der Waals surface area contributed by atoms with Crippen molar-refractivity contribution in [2.24, 2.45) is 0 Å². The summed E-state index contributed by atoms with van der Waals surface area (Å²) in [5.74, 6) is 0. The van der Waals surface area contributed by atoms with Crippen LogP contribution in [0.2, 0.25) is 0 Å². The van der Waals surface area contributed by atoms with Crippen molar-refractivity contribution in [3.63, 3.8) is 0 Å². The summed E-state index contributed by atoms with van der Waals surface area (Å²) in [6.45, 7) is 2.80. The minimum absolute atomic E-state index is 0.00701. The monoisotopic (exact) mass is 423 g/mol. The molecule has 3 heterocycles. The van der Waals surface area contributed by atoms with Crippen molar-refractivity contribution in [2.75, 3.05) is 11.6 Å². The first-order valence-electron chi connectivity index (χ1n) is 10.2. The first-order chi connectivity index (χ1) is 14.2. The Morgan fingerprint density at radius 1 is 1.17 bits per heavy atom. The second-order valence-corrected chi connectivity index (χ2v) is 9.73. The number of nitrogens with zero attached hydrogens (tertiary/aromatic N) is 2. The molecule has 0 saturated carbocycles. The van der Waals surface area contributed by atoms with Gasteiger partial charge in [0.15, 0.2) is 0 Å². The molecule has 6 heteroatoms. The number of urea groups is 1. The highest BCUT2D eigenvalue weighted by Crippen LogP contribution is 2.42. The van der Waals surface area contributed by atoms with Crippen LogP contribution in [0.5, 0.6) is 0 Å². The van der Waals surface area contributed by atoms with Gasteiger partial charge in [-0.15, -0.1) is 23.1 Å². The zero-order valence-corrected chi connectivity index (χ0v) is 18.4. The van der Waals surface area contributed by atoms with E-state index >= 15 is 0 Å². The number of hydrogen-bond acceptors (Lipinski definition) is 3. The fourth-order valence-electron chi connectivity index (χ4n) is 4.50. The minimum Gasteiger partial charge on any atom is -0.312 e. The third-order valence-electron chi connectivity index (χ3n) is 6.06. The van der Waals surface area contributed by atoms with E-state index in [-0.39, 0.29) is 12.1 Å². The van der Waals surface area contributed by atoms with Crippen LogP contribution in [-0.4, -0.2) is 21.8 Å². The van der Waals surface area contributed by atoms with Crippen molar-refractivity contribution in [2.45, 2.75) is 50.1 Å². The van der Waals surface area contributed by atoms with Gasteiger partial charge in [-0.05, 0) is 74.8 Å². The summed E-state index contributed by atoms with van der Waals surface area (Å²) in [5, 5.41) is 4.45. The second kappa shape index (κ2) is 7.58. The van der Waals surface area contributed by atoms with E-state index in [4.69, 9.17) is 0 Å². The van der Waals surface area contributed by atoms with Crippen LogP contribution in [0.4, 0.5) is 10.5 Å². The lowest BCUT2D eigenvalue weighted by Crippen LogP contribution is -2.36. The molecule has 1 unspecified atom stereocenters. The van der Waals surface area contributed by atoms with Crippen LogP contribution in [0.25, 0.3) is 5.00 Å². The molecule has 1 aliphatic heterocycles. The van der Waals surface area contributed by atoms with E-state index < -0.39 is 0 Å². The number of thioether (sulfide) groups is 1. The number of thiophene rings is 1. The van der Waals surface area contributed by atoms with Crippen molar-refractivity contribution in [3.05, 3.63) is 64.3 Å². The van der Waals surface area contributed by atoms with Gasteiger partial charge in [-0.1, -0.05) is 6.07 Å². The predicted molar refractivity (Wildman–Crippen MR) is 121 cm³/mol. The Morgan fingerprint density at radius 2 is 2.03 bits per heavy atom. The lowest BCUT2D eigenvalue weighted by Gasteiger charge is -2.28. The second-order valence-electron chi connectivity index (χ2n) is 7.76. The van der Waals surface area contributed by atoms with E-state index in [1.54, 1.807) is 11.8 Å². The summed E-state index contributed by atoms with van der Waals surface area (Å²) in [4.78, 5) is 18.0. The summed E-state index contributed by atoms with van der Waals surface area (Å²) in [5.41, 5.74) is 4.86. The molecule has 1 N–H and O–H groups in total. The zero-order chi connectivity index (χ0) is 20.0.